The summed E-state index contributed by atoms with van der Waals surface area (Å²) in [6.07, 6.45) is 6.73. The Kier molecular flexibility index (Phi) is 2.40. The second-order valence-corrected chi connectivity index (χ2v) is 2.29. The monoisotopic (exact) mass is 124 g/mol. The third-order valence-electron chi connectivity index (χ3n) is 1.59. The topological polar surface area (TPSA) is 48.8 Å². The number of azide groups is 1. The van der Waals surface area contributed by atoms with Crippen LogP contribution in [0.25, 0.3) is 10.4 Å². The Bertz CT molecular complexity index is 120. The Hall–Kier alpha value is -0.690. The molecule has 0 saturated heterocycles. The quantitative estimate of drug-likeness (QED) is 0.293. The van der Waals surface area contributed by atoms with E-state index in [0.717, 1.165) is 12.8 Å². The minimum atomic E-state index is 0.184. The van der Waals surface area contributed by atoms with E-state index in [9.17, 15) is 0 Å². The van der Waals surface area contributed by atoms with Crippen molar-refractivity contribution in [3.05, 3.63) is 16.9 Å². The van der Waals surface area contributed by atoms with Gasteiger partial charge < -0.3 is 0 Å². The first kappa shape index (κ1) is 6.43. The lowest BCUT2D eigenvalue weighted by atomic mass is 9.96. The predicted molar refractivity (Wildman–Crippen MR) is 35.7 cm³/mol. The van der Waals surface area contributed by atoms with Gasteiger partial charge in [-0.05, 0) is 24.8 Å². The smallest absolute Gasteiger partial charge is 0.0405 e. The molecule has 0 N–H and O–H groups in total. The maximum atomic E-state index is 8.06. The van der Waals surface area contributed by atoms with Crippen LogP contribution in [0.15, 0.2) is 5.11 Å². The van der Waals surface area contributed by atoms with Gasteiger partial charge in [0.05, 0.1) is 0 Å². The van der Waals surface area contributed by atoms with Crippen molar-refractivity contribution in [3.8, 4) is 0 Å². The highest BCUT2D eigenvalue weighted by Gasteiger charge is 2.10. The third kappa shape index (κ3) is 1.94. The van der Waals surface area contributed by atoms with Gasteiger partial charge in [0.1, 0.15) is 0 Å². The SMILES string of the molecule is [N-]=[N+]=NC1[CH]CCCC1. The van der Waals surface area contributed by atoms with Crippen LogP contribution in [-0.2, 0) is 0 Å². The molecule has 1 radical (unpaired) electrons. The first-order chi connectivity index (χ1) is 4.43. The Balaban J connectivity index is 2.31. The van der Waals surface area contributed by atoms with Gasteiger partial charge in [-0.25, -0.2) is 0 Å². The van der Waals surface area contributed by atoms with Crippen LogP contribution in [0.4, 0.5) is 0 Å². The fraction of sp³-hybridized carbons (Fsp3) is 0.833. The van der Waals surface area contributed by atoms with Crippen molar-refractivity contribution in [3.63, 3.8) is 0 Å². The van der Waals surface area contributed by atoms with Gasteiger partial charge in [0, 0.05) is 11.0 Å². The molecule has 1 atom stereocenters. The summed E-state index contributed by atoms with van der Waals surface area (Å²) >= 11 is 0. The Morgan fingerprint density at radius 1 is 1.56 bits per heavy atom. The molecule has 1 unspecified atom stereocenters. The highest BCUT2D eigenvalue weighted by molar-refractivity contribution is 4.86. The normalized spacial score (nSPS) is 20.9. The van der Waals surface area contributed by atoms with Crippen LogP contribution in [-0.4, -0.2) is 6.04 Å². The summed E-state index contributed by atoms with van der Waals surface area (Å²) in [4.78, 5) is 2.75. The van der Waals surface area contributed by atoms with Gasteiger partial charge in [0.2, 0.25) is 0 Å². The molecular weight excluding hydrogens is 114 g/mol. The third-order valence-corrected chi connectivity index (χ3v) is 1.59. The number of hydrogen-bond donors (Lipinski definition) is 0. The molecule has 0 heterocycles. The highest BCUT2D eigenvalue weighted by Crippen LogP contribution is 2.18. The van der Waals surface area contributed by atoms with E-state index in [-0.39, 0.29) is 6.04 Å². The molecule has 1 rings (SSSR count). The van der Waals surface area contributed by atoms with Crippen molar-refractivity contribution in [2.24, 2.45) is 5.11 Å². The molecule has 49 valence electrons. The van der Waals surface area contributed by atoms with Gasteiger partial charge in [0.15, 0.2) is 0 Å². The molecular formula is C6H10N3. The Morgan fingerprint density at radius 3 is 3.00 bits per heavy atom. The van der Waals surface area contributed by atoms with Gasteiger partial charge in [-0.2, -0.15) is 0 Å². The van der Waals surface area contributed by atoms with Crippen molar-refractivity contribution in [1.82, 2.24) is 0 Å². The molecule has 0 aromatic rings. The molecule has 3 nitrogen and oxygen atoms in total. The maximum Gasteiger partial charge on any atom is 0.0405 e. The zero-order valence-electron chi connectivity index (χ0n) is 5.32. The van der Waals surface area contributed by atoms with Crippen molar-refractivity contribution in [1.29, 1.82) is 0 Å². The molecule has 0 amide bonds. The molecule has 0 spiro atoms. The standard InChI is InChI=1S/C6H10N3/c7-9-8-6-4-2-1-3-5-6/h4,6H,1-3,5H2. The molecule has 0 aliphatic heterocycles. The Labute approximate surface area is 54.7 Å². The van der Waals surface area contributed by atoms with E-state index in [1.165, 1.54) is 12.8 Å². The predicted octanol–water partition coefficient (Wildman–Crippen LogP) is 2.44. The molecule has 3 heteroatoms. The van der Waals surface area contributed by atoms with Crippen LogP contribution in [0.2, 0.25) is 0 Å². The van der Waals surface area contributed by atoms with E-state index in [4.69, 9.17) is 5.53 Å². The number of rotatable bonds is 1. The summed E-state index contributed by atoms with van der Waals surface area (Å²) in [6.45, 7) is 0. The Morgan fingerprint density at radius 2 is 2.44 bits per heavy atom. The van der Waals surface area contributed by atoms with Gasteiger partial charge in [-0.3, -0.25) is 0 Å². The zero-order chi connectivity index (χ0) is 6.53. The van der Waals surface area contributed by atoms with Crippen molar-refractivity contribution in [2.75, 3.05) is 0 Å². The van der Waals surface area contributed by atoms with Gasteiger partial charge in [-0.15, -0.1) is 0 Å². The van der Waals surface area contributed by atoms with E-state index in [1.807, 2.05) is 0 Å². The second kappa shape index (κ2) is 3.36. The first-order valence-corrected chi connectivity index (χ1v) is 3.31. The number of hydrogen-bond acceptors (Lipinski definition) is 1. The molecule has 1 aliphatic rings. The van der Waals surface area contributed by atoms with E-state index >= 15 is 0 Å². The van der Waals surface area contributed by atoms with Crippen molar-refractivity contribution in [2.45, 2.75) is 31.7 Å². The summed E-state index contributed by atoms with van der Waals surface area (Å²) < 4.78 is 0. The van der Waals surface area contributed by atoms with Crippen LogP contribution in [0.5, 0.6) is 0 Å². The molecule has 1 saturated carbocycles. The second-order valence-electron chi connectivity index (χ2n) is 2.29. The van der Waals surface area contributed by atoms with Crippen molar-refractivity contribution >= 4 is 0 Å². The van der Waals surface area contributed by atoms with E-state index in [0.29, 0.717) is 0 Å². The maximum absolute atomic E-state index is 8.06. The minimum Gasteiger partial charge on any atom is -0.0903 e. The molecule has 0 aromatic carbocycles. The summed E-state index contributed by atoms with van der Waals surface area (Å²) in [6, 6.07) is 0.184. The molecule has 9 heavy (non-hydrogen) atoms. The summed E-state index contributed by atoms with van der Waals surface area (Å²) in [7, 11) is 0. The van der Waals surface area contributed by atoms with Gasteiger partial charge in [-0.1, -0.05) is 18.0 Å². The van der Waals surface area contributed by atoms with Crippen molar-refractivity contribution < 1.29 is 0 Å². The summed E-state index contributed by atoms with van der Waals surface area (Å²) in [5.74, 6) is 0. The lowest BCUT2D eigenvalue weighted by molar-refractivity contribution is 0.528. The fourth-order valence-electron chi connectivity index (χ4n) is 1.10. The number of nitrogens with zero attached hydrogens (tertiary/aromatic N) is 3. The van der Waals surface area contributed by atoms with E-state index in [1.54, 1.807) is 0 Å². The average Bonchev–Trinajstić information content (AvgIpc) is 1.91. The zero-order valence-corrected chi connectivity index (χ0v) is 5.32. The highest BCUT2D eigenvalue weighted by atomic mass is 15.1. The van der Waals surface area contributed by atoms with Crippen LogP contribution in [0.3, 0.4) is 0 Å². The van der Waals surface area contributed by atoms with E-state index in [2.05, 4.69) is 16.4 Å². The summed E-state index contributed by atoms with van der Waals surface area (Å²) in [5, 5.41) is 3.61. The molecule has 1 fully saturated rings. The lowest BCUT2D eigenvalue weighted by Gasteiger charge is -2.14. The van der Waals surface area contributed by atoms with Crippen LogP contribution >= 0.6 is 0 Å². The first-order valence-electron chi connectivity index (χ1n) is 3.31. The van der Waals surface area contributed by atoms with E-state index < -0.39 is 0 Å². The largest absolute Gasteiger partial charge is 0.0903 e. The lowest BCUT2D eigenvalue weighted by Crippen LogP contribution is -2.08. The van der Waals surface area contributed by atoms with Gasteiger partial charge >= 0.3 is 0 Å². The molecule has 1 aliphatic carbocycles. The van der Waals surface area contributed by atoms with Crippen LogP contribution in [0.1, 0.15) is 25.7 Å². The molecule has 0 aromatic heterocycles. The minimum absolute atomic E-state index is 0.184. The fourth-order valence-corrected chi connectivity index (χ4v) is 1.10. The van der Waals surface area contributed by atoms with Crippen LogP contribution in [0, 0.1) is 6.42 Å². The molecule has 0 bridgehead atoms. The van der Waals surface area contributed by atoms with Gasteiger partial charge in [0.25, 0.3) is 0 Å². The average molecular weight is 124 g/mol. The summed E-state index contributed by atoms with van der Waals surface area (Å²) in [5.41, 5.74) is 8.06. The van der Waals surface area contributed by atoms with Crippen LogP contribution < -0.4 is 0 Å².